The number of hydrogen-bond acceptors (Lipinski definition) is 8. The lowest BCUT2D eigenvalue weighted by molar-refractivity contribution is -0.0216. The smallest absolute Gasteiger partial charge is 0.0724 e. The zero-order chi connectivity index (χ0) is 34.2. The number of nitrogens with one attached hydrogen (secondary N) is 1. The number of benzene rings is 2. The molecular formula is C41H64ClN3O5. The summed E-state index contributed by atoms with van der Waals surface area (Å²) in [6, 6.07) is 21.1. The van der Waals surface area contributed by atoms with E-state index in [2.05, 4.69) is 77.7 Å². The Balaban J connectivity index is 0.000000152. The summed E-state index contributed by atoms with van der Waals surface area (Å²) < 4.78 is 22.8. The summed E-state index contributed by atoms with van der Waals surface area (Å²) in [5.41, 5.74) is 5.00. The number of aliphatic hydroxyl groups excluding tert-OH is 1. The third-order valence-electron chi connectivity index (χ3n) is 12.3. The Kier molecular flexibility index (Phi) is 15.4. The van der Waals surface area contributed by atoms with Gasteiger partial charge < -0.3 is 39.2 Å². The van der Waals surface area contributed by atoms with E-state index in [1.165, 1.54) is 86.5 Å². The first kappa shape index (κ1) is 39.6. The van der Waals surface area contributed by atoms with Gasteiger partial charge in [-0.05, 0) is 113 Å². The van der Waals surface area contributed by atoms with Gasteiger partial charge in [-0.1, -0.05) is 48.5 Å². The second-order valence-electron chi connectivity index (χ2n) is 15.6. The number of piperidine rings is 3. The van der Waals surface area contributed by atoms with E-state index in [1.54, 1.807) is 14.2 Å². The Hall–Kier alpha value is -1.59. The topological polar surface area (TPSA) is 75.7 Å². The largest absolute Gasteiger partial charge is 0.393 e. The van der Waals surface area contributed by atoms with Crippen LogP contribution in [0.1, 0.15) is 99.3 Å². The molecule has 2 aromatic carbocycles. The average molecular weight is 714 g/mol. The van der Waals surface area contributed by atoms with Crippen molar-refractivity contribution >= 4 is 12.4 Å². The maximum atomic E-state index is 9.38. The van der Waals surface area contributed by atoms with Crippen LogP contribution in [0.25, 0.3) is 0 Å². The Bertz CT molecular complexity index is 1260. The van der Waals surface area contributed by atoms with Crippen molar-refractivity contribution in [2.45, 2.75) is 158 Å². The standard InChI is InChI=1S/C17H25NO2.C16H23NO2.C8H15NO.ClH/c1-18-15-7-8-16(18)10-17(9-15)20-12-14-6-4-3-5-13(14)11-19-2;1-18-10-12-4-2-3-5-13(12)11-19-16-8-14-6-7-15(9-16)17-14;1-9-6-2-3-7(9)5-8(10)4-6;/h3-6,15-17H,7-12H2,1-2H3;2-5,14-17H,6-11H2,1H3;6-8,10H,2-5H2,1H3;1H. The van der Waals surface area contributed by atoms with Crippen LogP contribution < -0.4 is 5.32 Å². The van der Waals surface area contributed by atoms with E-state index >= 15 is 0 Å². The number of ether oxygens (including phenoxy) is 4. The fourth-order valence-electron chi connectivity index (χ4n) is 9.43. The van der Waals surface area contributed by atoms with Gasteiger partial charge in [0, 0.05) is 50.5 Å². The molecule has 0 amide bonds. The zero-order valence-electron chi connectivity index (χ0n) is 31.0. The van der Waals surface area contributed by atoms with Crippen LogP contribution in [-0.2, 0) is 45.4 Å². The highest BCUT2D eigenvalue weighted by atomic mass is 35.5. The minimum Gasteiger partial charge on any atom is -0.393 e. The second-order valence-corrected chi connectivity index (χ2v) is 15.6. The van der Waals surface area contributed by atoms with Gasteiger partial charge in [-0.15, -0.1) is 12.4 Å². The van der Waals surface area contributed by atoms with Crippen molar-refractivity contribution in [3.63, 3.8) is 0 Å². The molecule has 6 fully saturated rings. The molecule has 6 saturated heterocycles. The summed E-state index contributed by atoms with van der Waals surface area (Å²) in [5.74, 6) is 0. The number of aliphatic hydroxyl groups is 1. The van der Waals surface area contributed by atoms with Gasteiger partial charge in [0.15, 0.2) is 0 Å². The summed E-state index contributed by atoms with van der Waals surface area (Å²) in [7, 11) is 7.94. The highest BCUT2D eigenvalue weighted by molar-refractivity contribution is 5.85. The molecule has 0 saturated carbocycles. The first-order chi connectivity index (χ1) is 23.9. The van der Waals surface area contributed by atoms with E-state index in [4.69, 9.17) is 18.9 Å². The Morgan fingerprint density at radius 3 is 1.32 bits per heavy atom. The maximum Gasteiger partial charge on any atom is 0.0724 e. The van der Waals surface area contributed by atoms with Gasteiger partial charge in [0.05, 0.1) is 44.7 Å². The van der Waals surface area contributed by atoms with Gasteiger partial charge in [0.1, 0.15) is 0 Å². The second kappa shape index (κ2) is 19.5. The molecule has 6 atom stereocenters. The normalized spacial score (nSPS) is 32.8. The van der Waals surface area contributed by atoms with Gasteiger partial charge in [0.2, 0.25) is 0 Å². The zero-order valence-corrected chi connectivity index (χ0v) is 31.8. The molecular weight excluding hydrogens is 650 g/mol. The van der Waals surface area contributed by atoms with E-state index in [-0.39, 0.29) is 18.5 Å². The molecule has 6 aliphatic rings. The quantitative estimate of drug-likeness (QED) is 0.284. The number of nitrogens with zero attached hydrogens (tertiary/aromatic N) is 2. The van der Waals surface area contributed by atoms with Crippen LogP contribution >= 0.6 is 12.4 Å². The predicted octanol–water partition coefficient (Wildman–Crippen LogP) is 6.63. The lowest BCUT2D eigenvalue weighted by Crippen LogP contribution is -2.42. The highest BCUT2D eigenvalue weighted by Gasteiger charge is 2.39. The van der Waals surface area contributed by atoms with Crippen molar-refractivity contribution in [1.29, 1.82) is 0 Å². The molecule has 0 aromatic heterocycles. The van der Waals surface area contributed by atoms with Gasteiger partial charge in [-0.3, -0.25) is 0 Å². The molecule has 6 heterocycles. The Morgan fingerprint density at radius 1 is 0.560 bits per heavy atom. The minimum absolute atomic E-state index is 0. The monoisotopic (exact) mass is 713 g/mol. The SMILES string of the molecule is CN1C2CCC1CC(O)C2.COCc1ccccc1COC1CC2CCC(C1)N2.COCc1ccccc1COC1CC2CCC(C1)N2C.Cl. The summed E-state index contributed by atoms with van der Waals surface area (Å²) >= 11 is 0. The number of hydrogen-bond donors (Lipinski definition) is 2. The Morgan fingerprint density at radius 2 is 0.920 bits per heavy atom. The summed E-state index contributed by atoms with van der Waals surface area (Å²) in [6.07, 6.45) is 15.5. The third kappa shape index (κ3) is 10.5. The van der Waals surface area contributed by atoms with Gasteiger partial charge in [-0.25, -0.2) is 0 Å². The van der Waals surface area contributed by atoms with Crippen molar-refractivity contribution in [2.75, 3.05) is 28.3 Å². The number of halogens is 1. The van der Waals surface area contributed by atoms with Crippen LogP contribution in [0.5, 0.6) is 0 Å². The van der Waals surface area contributed by atoms with Crippen LogP contribution in [0.2, 0.25) is 0 Å². The molecule has 6 aliphatic heterocycles. The summed E-state index contributed by atoms with van der Waals surface area (Å²) in [5, 5.41) is 13.0. The molecule has 8 rings (SSSR count). The number of fused-ring (bicyclic) bond motifs is 6. The van der Waals surface area contributed by atoms with E-state index in [9.17, 15) is 5.11 Å². The van der Waals surface area contributed by atoms with Crippen molar-refractivity contribution in [3.05, 3.63) is 70.8 Å². The summed E-state index contributed by atoms with van der Waals surface area (Å²) in [4.78, 5) is 4.99. The van der Waals surface area contributed by atoms with Crippen molar-refractivity contribution in [1.82, 2.24) is 15.1 Å². The van der Waals surface area contributed by atoms with Crippen molar-refractivity contribution in [3.8, 4) is 0 Å². The van der Waals surface area contributed by atoms with Crippen LogP contribution in [0.4, 0.5) is 0 Å². The molecule has 0 aliphatic carbocycles. The molecule has 280 valence electrons. The minimum atomic E-state index is -0.00583. The van der Waals surface area contributed by atoms with E-state index < -0.39 is 0 Å². The molecule has 8 nitrogen and oxygen atoms in total. The van der Waals surface area contributed by atoms with Gasteiger partial charge in [-0.2, -0.15) is 0 Å². The molecule has 9 heteroatoms. The molecule has 0 spiro atoms. The number of rotatable bonds is 10. The van der Waals surface area contributed by atoms with E-state index in [0.29, 0.717) is 62.8 Å². The van der Waals surface area contributed by atoms with Crippen LogP contribution in [0.3, 0.4) is 0 Å². The molecule has 2 aromatic rings. The fourth-order valence-corrected chi connectivity index (χ4v) is 9.43. The Labute approximate surface area is 308 Å². The van der Waals surface area contributed by atoms with Crippen LogP contribution in [0.15, 0.2) is 48.5 Å². The molecule has 2 N–H and O–H groups in total. The van der Waals surface area contributed by atoms with Crippen LogP contribution in [-0.4, -0.2) is 97.8 Å². The van der Waals surface area contributed by atoms with Crippen LogP contribution in [0, 0.1) is 0 Å². The van der Waals surface area contributed by atoms with Gasteiger partial charge in [0.25, 0.3) is 0 Å². The summed E-state index contributed by atoms with van der Waals surface area (Å²) in [6.45, 7) is 2.76. The van der Waals surface area contributed by atoms with Crippen molar-refractivity contribution < 1.29 is 24.1 Å². The maximum absolute atomic E-state index is 9.38. The lowest BCUT2D eigenvalue weighted by Gasteiger charge is -2.36. The lowest BCUT2D eigenvalue weighted by atomic mass is 10.0. The highest BCUT2D eigenvalue weighted by Crippen LogP contribution is 2.36. The molecule has 6 unspecified atom stereocenters. The van der Waals surface area contributed by atoms with Crippen molar-refractivity contribution in [2.24, 2.45) is 0 Å². The third-order valence-corrected chi connectivity index (χ3v) is 12.3. The first-order valence-electron chi connectivity index (χ1n) is 19.1. The van der Waals surface area contributed by atoms with Gasteiger partial charge >= 0.3 is 0 Å². The first-order valence-corrected chi connectivity index (χ1v) is 19.1. The molecule has 6 bridgehead atoms. The number of methoxy groups -OCH3 is 2. The average Bonchev–Trinajstić information content (AvgIpc) is 3.61. The molecule has 50 heavy (non-hydrogen) atoms. The molecule has 0 radical (unpaired) electrons. The van der Waals surface area contributed by atoms with E-state index in [0.717, 1.165) is 24.9 Å². The fraction of sp³-hybridized carbons (Fsp3) is 0.707. The van der Waals surface area contributed by atoms with E-state index in [1.807, 2.05) is 0 Å². The predicted molar refractivity (Wildman–Crippen MR) is 202 cm³/mol.